The van der Waals surface area contributed by atoms with Gasteiger partial charge in [-0.05, 0) is 26.8 Å². The molecule has 1 rings (SSSR count). The molecule has 0 bridgehead atoms. The number of nitrogens with zero attached hydrogens (tertiary/aromatic N) is 2. The van der Waals surface area contributed by atoms with Gasteiger partial charge in [0.25, 0.3) is 0 Å². The molecule has 6 heteroatoms. The van der Waals surface area contributed by atoms with E-state index >= 15 is 0 Å². The van der Waals surface area contributed by atoms with E-state index in [1.54, 1.807) is 13.8 Å². The predicted octanol–water partition coefficient (Wildman–Crippen LogP) is 1.80. The van der Waals surface area contributed by atoms with E-state index in [1.165, 1.54) is 0 Å². The molecular formula is C15H23N3O3. The summed E-state index contributed by atoms with van der Waals surface area (Å²) < 4.78 is 5.41. The van der Waals surface area contributed by atoms with Crippen LogP contribution in [0, 0.1) is 25.2 Å². The number of anilines is 1. The fraction of sp³-hybridized carbons (Fsp3) is 0.600. The predicted molar refractivity (Wildman–Crippen MR) is 80.0 cm³/mol. The topological polar surface area (TPSA) is 89.5 Å². The molecule has 116 valence electrons. The van der Waals surface area contributed by atoms with E-state index in [0.29, 0.717) is 17.9 Å². The van der Waals surface area contributed by atoms with Gasteiger partial charge in [-0.25, -0.2) is 0 Å². The standard InChI is InChI=1S/C15H23N3O3/c1-4-5-6-18(7-8-19)10-14(20)17-15-13(9-16)11(2)12(3)21-15/h19H,4-8,10H2,1-3H3,(H,17,20). The van der Waals surface area contributed by atoms with Crippen molar-refractivity contribution in [2.45, 2.75) is 33.6 Å². The van der Waals surface area contributed by atoms with Crippen molar-refractivity contribution in [3.8, 4) is 6.07 Å². The van der Waals surface area contributed by atoms with Gasteiger partial charge in [0.15, 0.2) is 0 Å². The quantitative estimate of drug-likeness (QED) is 0.763. The Balaban J connectivity index is 2.68. The number of carbonyl (C=O) groups excluding carboxylic acids is 1. The third-order valence-electron chi connectivity index (χ3n) is 3.36. The van der Waals surface area contributed by atoms with Crippen LogP contribution in [0.3, 0.4) is 0 Å². The summed E-state index contributed by atoms with van der Waals surface area (Å²) in [5.41, 5.74) is 1.11. The van der Waals surface area contributed by atoms with E-state index < -0.39 is 0 Å². The summed E-state index contributed by atoms with van der Waals surface area (Å²) in [7, 11) is 0. The monoisotopic (exact) mass is 293 g/mol. The molecule has 0 atom stereocenters. The van der Waals surface area contributed by atoms with E-state index in [0.717, 1.165) is 24.9 Å². The first-order valence-electron chi connectivity index (χ1n) is 7.16. The van der Waals surface area contributed by atoms with Crippen LogP contribution in [0.1, 0.15) is 36.7 Å². The Bertz CT molecular complexity index is 517. The van der Waals surface area contributed by atoms with Crippen molar-refractivity contribution < 1.29 is 14.3 Å². The zero-order chi connectivity index (χ0) is 15.8. The van der Waals surface area contributed by atoms with E-state index in [4.69, 9.17) is 14.8 Å². The number of furan rings is 1. The number of aliphatic hydroxyl groups is 1. The first kappa shape index (κ1) is 17.2. The SMILES string of the molecule is CCCCN(CCO)CC(=O)Nc1oc(C)c(C)c1C#N. The number of amides is 1. The van der Waals surface area contributed by atoms with Crippen molar-refractivity contribution >= 4 is 11.8 Å². The number of aliphatic hydroxyl groups excluding tert-OH is 1. The summed E-state index contributed by atoms with van der Waals surface area (Å²) in [6.45, 7) is 7.01. The van der Waals surface area contributed by atoms with E-state index in [-0.39, 0.29) is 24.9 Å². The van der Waals surface area contributed by atoms with Gasteiger partial charge in [0.05, 0.1) is 13.2 Å². The van der Waals surface area contributed by atoms with Crippen LogP contribution in [-0.2, 0) is 4.79 Å². The Hall–Kier alpha value is -1.84. The molecule has 0 aromatic carbocycles. The Morgan fingerprint density at radius 2 is 2.14 bits per heavy atom. The van der Waals surface area contributed by atoms with Crippen LogP contribution in [-0.4, -0.2) is 42.2 Å². The first-order chi connectivity index (χ1) is 10.0. The Morgan fingerprint density at radius 1 is 1.43 bits per heavy atom. The van der Waals surface area contributed by atoms with Gasteiger partial charge in [-0.15, -0.1) is 0 Å². The van der Waals surface area contributed by atoms with Gasteiger partial charge in [-0.1, -0.05) is 13.3 Å². The van der Waals surface area contributed by atoms with Crippen molar-refractivity contribution in [3.05, 3.63) is 16.9 Å². The molecule has 1 amide bonds. The minimum absolute atomic E-state index is 0.0133. The lowest BCUT2D eigenvalue weighted by molar-refractivity contribution is -0.117. The van der Waals surface area contributed by atoms with E-state index in [9.17, 15) is 4.79 Å². The first-order valence-corrected chi connectivity index (χ1v) is 7.16. The third kappa shape index (κ3) is 4.88. The molecule has 0 unspecified atom stereocenters. The highest BCUT2D eigenvalue weighted by Crippen LogP contribution is 2.25. The number of hydrogen-bond acceptors (Lipinski definition) is 5. The van der Waals surface area contributed by atoms with Crippen molar-refractivity contribution in [1.29, 1.82) is 5.26 Å². The van der Waals surface area contributed by atoms with Gasteiger partial charge in [0, 0.05) is 12.1 Å². The minimum atomic E-state index is -0.246. The van der Waals surface area contributed by atoms with Crippen molar-refractivity contribution in [2.24, 2.45) is 0 Å². The number of rotatable bonds is 8. The molecule has 0 saturated heterocycles. The highest BCUT2D eigenvalue weighted by atomic mass is 16.4. The maximum absolute atomic E-state index is 12.0. The zero-order valence-corrected chi connectivity index (χ0v) is 12.9. The largest absolute Gasteiger partial charge is 0.444 e. The summed E-state index contributed by atoms with van der Waals surface area (Å²) in [4.78, 5) is 13.9. The van der Waals surface area contributed by atoms with Gasteiger partial charge in [-0.2, -0.15) is 5.26 Å². The Kier molecular flexibility index (Phi) is 6.92. The van der Waals surface area contributed by atoms with Crippen molar-refractivity contribution in [3.63, 3.8) is 0 Å². The molecule has 21 heavy (non-hydrogen) atoms. The normalized spacial score (nSPS) is 10.7. The lowest BCUT2D eigenvalue weighted by Gasteiger charge is -2.19. The molecule has 2 N–H and O–H groups in total. The zero-order valence-electron chi connectivity index (χ0n) is 12.9. The van der Waals surface area contributed by atoms with Crippen LogP contribution in [0.15, 0.2) is 4.42 Å². The van der Waals surface area contributed by atoms with Gasteiger partial charge in [0.1, 0.15) is 17.4 Å². The summed E-state index contributed by atoms with van der Waals surface area (Å²) >= 11 is 0. The Morgan fingerprint density at radius 3 is 2.71 bits per heavy atom. The van der Waals surface area contributed by atoms with Gasteiger partial charge < -0.3 is 9.52 Å². The summed E-state index contributed by atoms with van der Waals surface area (Å²) in [6.07, 6.45) is 1.99. The fourth-order valence-electron chi connectivity index (χ4n) is 2.01. The summed E-state index contributed by atoms with van der Waals surface area (Å²) in [6, 6.07) is 2.04. The highest BCUT2D eigenvalue weighted by Gasteiger charge is 2.18. The number of carbonyl (C=O) groups is 1. The average molecular weight is 293 g/mol. The second-order valence-corrected chi connectivity index (χ2v) is 5.00. The lowest BCUT2D eigenvalue weighted by atomic mass is 10.2. The summed E-state index contributed by atoms with van der Waals surface area (Å²) in [5, 5.41) is 20.8. The molecular weight excluding hydrogens is 270 g/mol. The highest BCUT2D eigenvalue weighted by molar-refractivity contribution is 5.92. The number of hydrogen-bond donors (Lipinski definition) is 2. The van der Waals surface area contributed by atoms with Crippen LogP contribution >= 0.6 is 0 Å². The molecule has 1 heterocycles. The second kappa shape index (κ2) is 8.45. The molecule has 0 aliphatic rings. The molecule has 0 saturated carbocycles. The van der Waals surface area contributed by atoms with Crippen molar-refractivity contribution in [2.75, 3.05) is 31.6 Å². The van der Waals surface area contributed by atoms with E-state index in [1.807, 2.05) is 11.0 Å². The third-order valence-corrected chi connectivity index (χ3v) is 3.36. The molecule has 1 aromatic rings. The maximum atomic E-state index is 12.0. The molecule has 0 radical (unpaired) electrons. The lowest BCUT2D eigenvalue weighted by Crippen LogP contribution is -2.36. The fourth-order valence-corrected chi connectivity index (χ4v) is 2.01. The van der Waals surface area contributed by atoms with Crippen molar-refractivity contribution in [1.82, 2.24) is 4.90 Å². The van der Waals surface area contributed by atoms with Gasteiger partial charge in [0.2, 0.25) is 11.8 Å². The van der Waals surface area contributed by atoms with Crippen LogP contribution in [0.4, 0.5) is 5.88 Å². The molecule has 0 aliphatic heterocycles. The van der Waals surface area contributed by atoms with Crippen LogP contribution in [0.5, 0.6) is 0 Å². The maximum Gasteiger partial charge on any atom is 0.240 e. The van der Waals surface area contributed by atoms with Crippen LogP contribution < -0.4 is 5.32 Å². The molecule has 1 aromatic heterocycles. The van der Waals surface area contributed by atoms with Gasteiger partial charge >= 0.3 is 0 Å². The van der Waals surface area contributed by atoms with Gasteiger partial charge in [-0.3, -0.25) is 15.0 Å². The average Bonchev–Trinajstić information content (AvgIpc) is 2.70. The molecule has 6 nitrogen and oxygen atoms in total. The molecule has 0 fully saturated rings. The van der Waals surface area contributed by atoms with Crippen LogP contribution in [0.2, 0.25) is 0 Å². The number of unbranched alkanes of at least 4 members (excludes halogenated alkanes) is 1. The summed E-state index contributed by atoms with van der Waals surface area (Å²) in [5.74, 6) is 0.585. The number of nitriles is 1. The smallest absolute Gasteiger partial charge is 0.240 e. The minimum Gasteiger partial charge on any atom is -0.444 e. The molecule has 0 aliphatic carbocycles. The number of nitrogens with one attached hydrogen (secondary N) is 1. The number of aryl methyl sites for hydroxylation is 1. The Labute approximate surface area is 125 Å². The second-order valence-electron chi connectivity index (χ2n) is 5.00. The van der Waals surface area contributed by atoms with E-state index in [2.05, 4.69) is 12.2 Å². The molecule has 0 spiro atoms. The van der Waals surface area contributed by atoms with Crippen LogP contribution in [0.25, 0.3) is 0 Å².